The molecule has 6 nitrogen and oxygen atoms in total. The summed E-state index contributed by atoms with van der Waals surface area (Å²) in [5, 5.41) is 13.9. The van der Waals surface area contributed by atoms with E-state index in [1.54, 1.807) is 0 Å². The van der Waals surface area contributed by atoms with Crippen LogP contribution in [0.4, 0.5) is 4.79 Å². The van der Waals surface area contributed by atoms with Crippen molar-refractivity contribution in [1.29, 1.82) is 0 Å². The van der Waals surface area contributed by atoms with Crippen molar-refractivity contribution in [1.82, 2.24) is 5.32 Å². The Morgan fingerprint density at radius 2 is 2.19 bits per heavy atom. The van der Waals surface area contributed by atoms with Crippen molar-refractivity contribution in [2.45, 2.75) is 69.5 Å². The minimum absolute atomic E-state index is 0.131. The first-order valence-corrected chi connectivity index (χ1v) is 11.7. The van der Waals surface area contributed by atoms with Crippen molar-refractivity contribution >= 4 is 23.0 Å². The highest BCUT2D eigenvalue weighted by atomic mass is 32.2. The molecule has 2 fully saturated rings. The van der Waals surface area contributed by atoms with Gasteiger partial charge in [-0.25, -0.2) is 4.79 Å². The van der Waals surface area contributed by atoms with Gasteiger partial charge in [-0.1, -0.05) is 53.7 Å². The van der Waals surface area contributed by atoms with Crippen LogP contribution in [0.1, 0.15) is 44.6 Å². The van der Waals surface area contributed by atoms with Gasteiger partial charge >= 0.3 is 5.97 Å². The van der Waals surface area contributed by atoms with Gasteiger partial charge in [-0.3, -0.25) is 4.79 Å². The number of aliphatic hydroxyl groups is 1. The number of hydrogen-bond donors (Lipinski definition) is 2. The number of benzene rings is 1. The van der Waals surface area contributed by atoms with E-state index >= 15 is 0 Å². The van der Waals surface area contributed by atoms with E-state index in [9.17, 15) is 14.7 Å². The topological polar surface area (TPSA) is 84.9 Å². The van der Waals surface area contributed by atoms with Crippen LogP contribution in [0.15, 0.2) is 54.6 Å². The lowest BCUT2D eigenvalue weighted by atomic mass is 9.91. The van der Waals surface area contributed by atoms with Crippen molar-refractivity contribution in [2.24, 2.45) is 0 Å². The van der Waals surface area contributed by atoms with Crippen LogP contribution in [0.2, 0.25) is 0 Å². The molecule has 3 rings (SSSR count). The highest BCUT2D eigenvalue weighted by Crippen LogP contribution is 2.36. The van der Waals surface area contributed by atoms with Gasteiger partial charge in [0, 0.05) is 24.7 Å². The summed E-state index contributed by atoms with van der Waals surface area (Å²) in [6.07, 6.45) is 6.20. The van der Waals surface area contributed by atoms with Crippen LogP contribution in [0.25, 0.3) is 0 Å². The fourth-order valence-corrected chi connectivity index (χ4v) is 4.87. The lowest BCUT2D eigenvalue weighted by Gasteiger charge is -2.43. The van der Waals surface area contributed by atoms with Crippen LogP contribution in [0, 0.1) is 0 Å². The molecule has 2 N–H and O–H groups in total. The van der Waals surface area contributed by atoms with E-state index in [2.05, 4.69) is 24.0 Å². The quantitative estimate of drug-likeness (QED) is 0.338. The van der Waals surface area contributed by atoms with Crippen LogP contribution in [0.5, 0.6) is 0 Å². The third-order valence-corrected chi connectivity index (χ3v) is 6.50. The highest BCUT2D eigenvalue weighted by Gasteiger charge is 2.49. The summed E-state index contributed by atoms with van der Waals surface area (Å²) in [5.41, 5.74) is 2.10. The zero-order valence-corrected chi connectivity index (χ0v) is 18.7. The largest absolute Gasteiger partial charge is 0.459 e. The average molecular weight is 446 g/mol. The van der Waals surface area contributed by atoms with E-state index in [1.807, 2.05) is 31.2 Å². The summed E-state index contributed by atoms with van der Waals surface area (Å²) < 4.78 is 11.8. The van der Waals surface area contributed by atoms with Crippen molar-refractivity contribution in [3.05, 3.63) is 60.2 Å². The molecule has 0 saturated carbocycles. The molecule has 2 heterocycles. The van der Waals surface area contributed by atoms with Gasteiger partial charge in [0.2, 0.25) is 0 Å². The number of esters is 1. The van der Waals surface area contributed by atoms with Crippen molar-refractivity contribution in [2.75, 3.05) is 5.75 Å². The molecular weight excluding hydrogens is 414 g/mol. The molecule has 0 bridgehead atoms. The third-order valence-electron chi connectivity index (χ3n) is 5.62. The maximum atomic E-state index is 12.4. The number of nitrogens with one attached hydrogen (secondary N) is 1. The number of allylic oxidation sites excluding steroid dienone is 2. The first kappa shape index (κ1) is 23.6. The van der Waals surface area contributed by atoms with Gasteiger partial charge in [0.1, 0.15) is 6.10 Å². The van der Waals surface area contributed by atoms with Crippen molar-refractivity contribution in [3.63, 3.8) is 0 Å². The van der Waals surface area contributed by atoms with Gasteiger partial charge in [0.05, 0.1) is 12.1 Å². The van der Waals surface area contributed by atoms with Crippen LogP contribution in [-0.2, 0) is 20.7 Å². The molecule has 2 aliphatic rings. The molecule has 1 aromatic carbocycles. The third kappa shape index (κ3) is 6.95. The predicted molar refractivity (Wildman–Crippen MR) is 122 cm³/mol. The number of ether oxygens (including phenoxy) is 2. The second kappa shape index (κ2) is 11.0. The fourth-order valence-electron chi connectivity index (χ4n) is 3.98. The van der Waals surface area contributed by atoms with Gasteiger partial charge < -0.3 is 19.9 Å². The zero-order chi connectivity index (χ0) is 22.3. The van der Waals surface area contributed by atoms with E-state index in [-0.39, 0.29) is 17.8 Å². The molecule has 7 heteroatoms. The molecule has 3 unspecified atom stereocenters. The number of hydrogen-bond acceptors (Lipinski definition) is 6. The molecule has 2 aliphatic heterocycles. The second-order valence-electron chi connectivity index (χ2n) is 8.22. The smallest absolute Gasteiger partial charge is 0.330 e. The Morgan fingerprint density at radius 1 is 1.42 bits per heavy atom. The molecule has 0 aliphatic carbocycles. The summed E-state index contributed by atoms with van der Waals surface area (Å²) in [4.78, 5) is 24.1. The summed E-state index contributed by atoms with van der Waals surface area (Å²) in [5.74, 6) is -1.56. The Labute approximate surface area is 188 Å². The molecule has 4 atom stereocenters. The van der Waals surface area contributed by atoms with Crippen molar-refractivity contribution in [3.8, 4) is 0 Å². The van der Waals surface area contributed by atoms with Gasteiger partial charge in [0.15, 0.2) is 5.79 Å². The van der Waals surface area contributed by atoms with E-state index < -0.39 is 23.9 Å². The monoisotopic (exact) mass is 445 g/mol. The lowest BCUT2D eigenvalue weighted by Crippen LogP contribution is -2.58. The molecule has 2 saturated heterocycles. The maximum absolute atomic E-state index is 12.4. The molecule has 168 valence electrons. The minimum atomic E-state index is -1.56. The maximum Gasteiger partial charge on any atom is 0.330 e. The molecular formula is C24H31NO5S. The van der Waals surface area contributed by atoms with Gasteiger partial charge in [-0.05, 0) is 38.2 Å². The van der Waals surface area contributed by atoms with E-state index in [0.29, 0.717) is 18.6 Å². The number of thioether (sulfide) groups is 1. The Balaban J connectivity index is 1.67. The molecule has 31 heavy (non-hydrogen) atoms. The minimum Gasteiger partial charge on any atom is -0.459 e. The Morgan fingerprint density at radius 3 is 2.87 bits per heavy atom. The normalized spacial score (nSPS) is 28.8. The number of carbonyl (C=O) groups excluding carboxylic acids is 2. The second-order valence-corrected chi connectivity index (χ2v) is 9.21. The van der Waals surface area contributed by atoms with Crippen LogP contribution >= 0.6 is 11.8 Å². The number of aryl methyl sites for hydroxylation is 1. The number of rotatable bonds is 9. The fraction of sp³-hybridized carbons (Fsp3) is 0.500. The van der Waals surface area contributed by atoms with Gasteiger partial charge in [-0.2, -0.15) is 0 Å². The standard InChI is InChI=1S/C24H31NO5S/c1-3-4-8-17(2)13-22(26)29-20-14-19(12-11-18-9-6-5-7-10-18)30-24(28,15-20)21-16-31-23(27)25-21/h3,5-7,9-10,13,19-21,28H,1,4,8,11-12,14-16H2,2H3,(H,25,27)/b17-13-/t19-,20?,21?,24?/m1/s1. The number of carbonyl (C=O) groups is 2. The predicted octanol–water partition coefficient (Wildman–Crippen LogP) is 4.14. The Hall–Kier alpha value is -2.09. The van der Waals surface area contributed by atoms with E-state index in [1.165, 1.54) is 11.6 Å². The van der Waals surface area contributed by atoms with Crippen LogP contribution in [0.3, 0.4) is 0 Å². The molecule has 0 radical (unpaired) electrons. The summed E-state index contributed by atoms with van der Waals surface area (Å²) in [6, 6.07) is 9.53. The van der Waals surface area contributed by atoms with Gasteiger partial charge in [-0.15, -0.1) is 6.58 Å². The van der Waals surface area contributed by atoms with E-state index in [4.69, 9.17) is 9.47 Å². The van der Waals surface area contributed by atoms with Crippen molar-refractivity contribution < 1.29 is 24.2 Å². The SMILES string of the molecule is C=CCC/C(C)=C\C(=O)OC1C[C@@H](CCc2ccccc2)OC(O)(C2CSC(=O)N2)C1. The molecule has 1 amide bonds. The zero-order valence-electron chi connectivity index (χ0n) is 17.9. The van der Waals surface area contributed by atoms with Crippen LogP contribution in [-0.4, -0.2) is 46.1 Å². The number of amides is 1. The lowest BCUT2D eigenvalue weighted by molar-refractivity contribution is -0.283. The molecule has 1 aromatic rings. The summed E-state index contributed by atoms with van der Waals surface area (Å²) >= 11 is 1.12. The first-order chi connectivity index (χ1) is 14.9. The molecule has 0 aromatic heterocycles. The average Bonchev–Trinajstić information content (AvgIpc) is 3.18. The van der Waals surface area contributed by atoms with E-state index in [0.717, 1.165) is 36.6 Å². The Bertz CT molecular complexity index is 811. The van der Waals surface area contributed by atoms with Crippen LogP contribution < -0.4 is 5.32 Å². The first-order valence-electron chi connectivity index (χ1n) is 10.7. The summed E-state index contributed by atoms with van der Waals surface area (Å²) in [6.45, 7) is 5.58. The molecule has 0 spiro atoms. The summed E-state index contributed by atoms with van der Waals surface area (Å²) in [7, 11) is 0. The Kier molecular flexibility index (Phi) is 8.35. The highest BCUT2D eigenvalue weighted by molar-refractivity contribution is 8.14. The van der Waals surface area contributed by atoms with Gasteiger partial charge in [0.25, 0.3) is 5.24 Å².